The van der Waals surface area contributed by atoms with Gasteiger partial charge in [-0.25, -0.2) is 4.98 Å². The average molecular weight is 363 g/mol. The van der Waals surface area contributed by atoms with Crippen LogP contribution in [-0.2, 0) is 11.8 Å². The van der Waals surface area contributed by atoms with Crippen LogP contribution < -0.4 is 5.32 Å². The van der Waals surface area contributed by atoms with E-state index >= 15 is 0 Å². The minimum absolute atomic E-state index is 0.0202. The van der Waals surface area contributed by atoms with E-state index in [0.717, 1.165) is 6.42 Å². The molecule has 0 radical (unpaired) electrons. The summed E-state index contributed by atoms with van der Waals surface area (Å²) < 4.78 is 0. The van der Waals surface area contributed by atoms with Crippen molar-refractivity contribution in [2.45, 2.75) is 52.0 Å². The molecule has 0 fully saturated rings. The van der Waals surface area contributed by atoms with Crippen LogP contribution in [0.2, 0.25) is 5.28 Å². The lowest BCUT2D eigenvalue weighted by Crippen LogP contribution is -2.28. The van der Waals surface area contributed by atoms with Gasteiger partial charge in [-0.05, 0) is 34.9 Å². The van der Waals surface area contributed by atoms with Crippen LogP contribution in [0.4, 0.5) is 5.95 Å². The van der Waals surface area contributed by atoms with Crippen LogP contribution in [0.5, 0.6) is 0 Å². The SMILES string of the molecule is CC(C)C[C@H](CO)Nc1nc(Cl)nc(CC(C)(C)c2ccccc2)n1. The van der Waals surface area contributed by atoms with Crippen molar-refractivity contribution in [3.05, 3.63) is 47.0 Å². The molecule has 2 N–H and O–H groups in total. The van der Waals surface area contributed by atoms with Crippen molar-refractivity contribution in [3.63, 3.8) is 0 Å². The smallest absolute Gasteiger partial charge is 0.227 e. The molecule has 2 rings (SSSR count). The molecule has 0 spiro atoms. The number of rotatable bonds is 8. The third kappa shape index (κ3) is 5.94. The van der Waals surface area contributed by atoms with Gasteiger partial charge in [-0.15, -0.1) is 0 Å². The molecule has 0 saturated carbocycles. The Hall–Kier alpha value is -1.72. The first-order chi connectivity index (χ1) is 11.8. The van der Waals surface area contributed by atoms with Gasteiger partial charge in [-0.1, -0.05) is 58.0 Å². The molecule has 1 aromatic heterocycles. The number of aromatic nitrogens is 3. The Morgan fingerprint density at radius 2 is 1.80 bits per heavy atom. The molecule has 25 heavy (non-hydrogen) atoms. The predicted octanol–water partition coefficient (Wildman–Crippen LogP) is 3.86. The Labute approximate surface area is 154 Å². The molecular formula is C19H27ClN4O. The standard InChI is InChI=1S/C19H27ClN4O/c1-13(2)10-15(12-25)21-18-23-16(22-17(20)24-18)11-19(3,4)14-8-6-5-7-9-14/h5-9,13,15,25H,10-12H2,1-4H3,(H,21,22,23,24)/t15-/m1/s1. The van der Waals surface area contributed by atoms with Crippen LogP contribution in [0.15, 0.2) is 30.3 Å². The summed E-state index contributed by atoms with van der Waals surface area (Å²) in [6, 6.07) is 10.2. The molecule has 0 aliphatic rings. The van der Waals surface area contributed by atoms with E-state index in [9.17, 15) is 5.11 Å². The summed E-state index contributed by atoms with van der Waals surface area (Å²) in [5, 5.41) is 12.9. The molecule has 1 aromatic carbocycles. The summed E-state index contributed by atoms with van der Waals surface area (Å²) in [6.07, 6.45) is 1.46. The molecule has 0 bridgehead atoms. The van der Waals surface area contributed by atoms with Gasteiger partial charge in [0.1, 0.15) is 5.82 Å². The maximum atomic E-state index is 9.54. The number of nitrogens with zero attached hydrogens (tertiary/aromatic N) is 3. The molecule has 6 heteroatoms. The maximum absolute atomic E-state index is 9.54. The number of hydrogen-bond donors (Lipinski definition) is 2. The summed E-state index contributed by atoms with van der Waals surface area (Å²) >= 11 is 6.09. The molecular weight excluding hydrogens is 336 g/mol. The molecule has 0 unspecified atom stereocenters. The lowest BCUT2D eigenvalue weighted by atomic mass is 9.81. The third-order valence-electron chi connectivity index (χ3n) is 4.12. The zero-order chi connectivity index (χ0) is 18.4. The Morgan fingerprint density at radius 3 is 2.40 bits per heavy atom. The van der Waals surface area contributed by atoms with E-state index in [1.165, 1.54) is 5.56 Å². The molecule has 1 atom stereocenters. The number of nitrogens with one attached hydrogen (secondary N) is 1. The zero-order valence-electron chi connectivity index (χ0n) is 15.3. The van der Waals surface area contributed by atoms with E-state index in [0.29, 0.717) is 24.1 Å². The topological polar surface area (TPSA) is 70.9 Å². The van der Waals surface area contributed by atoms with Crippen LogP contribution >= 0.6 is 11.6 Å². The van der Waals surface area contributed by atoms with Gasteiger partial charge in [0.05, 0.1) is 12.6 Å². The van der Waals surface area contributed by atoms with Gasteiger partial charge < -0.3 is 10.4 Å². The fourth-order valence-corrected chi connectivity index (χ4v) is 3.03. The summed E-state index contributed by atoms with van der Waals surface area (Å²) in [5.74, 6) is 1.51. The monoisotopic (exact) mass is 362 g/mol. The number of aliphatic hydroxyl groups is 1. The summed E-state index contributed by atoms with van der Waals surface area (Å²) in [6.45, 7) is 8.55. The van der Waals surface area contributed by atoms with Crippen LogP contribution in [0.25, 0.3) is 0 Å². The van der Waals surface area contributed by atoms with Crippen molar-refractivity contribution in [2.75, 3.05) is 11.9 Å². The van der Waals surface area contributed by atoms with Crippen LogP contribution in [0.3, 0.4) is 0 Å². The van der Waals surface area contributed by atoms with Gasteiger partial charge in [0.2, 0.25) is 11.2 Å². The number of aliphatic hydroxyl groups excluding tert-OH is 1. The van der Waals surface area contributed by atoms with Gasteiger partial charge >= 0.3 is 0 Å². The van der Waals surface area contributed by atoms with Crippen molar-refractivity contribution in [2.24, 2.45) is 5.92 Å². The first kappa shape index (κ1) is 19.6. The highest BCUT2D eigenvalue weighted by molar-refractivity contribution is 6.28. The summed E-state index contributed by atoms with van der Waals surface area (Å²) in [4.78, 5) is 12.9. The summed E-state index contributed by atoms with van der Waals surface area (Å²) in [5.41, 5.74) is 1.09. The highest BCUT2D eigenvalue weighted by atomic mass is 35.5. The van der Waals surface area contributed by atoms with E-state index in [2.05, 4.69) is 60.1 Å². The molecule has 0 saturated heterocycles. The van der Waals surface area contributed by atoms with Gasteiger partial charge in [-0.2, -0.15) is 9.97 Å². The average Bonchev–Trinajstić information content (AvgIpc) is 2.53. The van der Waals surface area contributed by atoms with Crippen molar-refractivity contribution in [1.82, 2.24) is 15.0 Å². The Bertz CT molecular complexity index is 676. The Morgan fingerprint density at radius 1 is 1.12 bits per heavy atom. The number of halogens is 1. The van der Waals surface area contributed by atoms with Crippen molar-refractivity contribution >= 4 is 17.5 Å². The van der Waals surface area contributed by atoms with E-state index < -0.39 is 0 Å². The minimum Gasteiger partial charge on any atom is -0.394 e. The second-order valence-electron chi connectivity index (χ2n) is 7.42. The van der Waals surface area contributed by atoms with E-state index in [4.69, 9.17) is 11.6 Å². The van der Waals surface area contributed by atoms with E-state index in [1.807, 2.05) is 18.2 Å². The molecule has 0 aliphatic heterocycles. The van der Waals surface area contributed by atoms with Gasteiger partial charge in [0.15, 0.2) is 0 Å². The van der Waals surface area contributed by atoms with E-state index in [-0.39, 0.29) is 23.3 Å². The number of benzene rings is 1. The van der Waals surface area contributed by atoms with Gasteiger partial charge in [0, 0.05) is 6.42 Å². The maximum Gasteiger partial charge on any atom is 0.227 e. The fourth-order valence-electron chi connectivity index (χ4n) is 2.85. The highest BCUT2D eigenvalue weighted by Gasteiger charge is 2.23. The molecule has 0 amide bonds. The molecule has 0 aliphatic carbocycles. The largest absolute Gasteiger partial charge is 0.394 e. The minimum atomic E-state index is -0.127. The Balaban J connectivity index is 2.18. The lowest BCUT2D eigenvalue weighted by molar-refractivity contribution is 0.259. The molecule has 136 valence electrons. The van der Waals surface area contributed by atoms with Gasteiger partial charge in [-0.3, -0.25) is 0 Å². The fraction of sp³-hybridized carbons (Fsp3) is 0.526. The molecule has 5 nitrogen and oxygen atoms in total. The second-order valence-corrected chi connectivity index (χ2v) is 7.76. The third-order valence-corrected chi connectivity index (χ3v) is 4.29. The van der Waals surface area contributed by atoms with Crippen molar-refractivity contribution in [3.8, 4) is 0 Å². The first-order valence-electron chi connectivity index (χ1n) is 8.63. The van der Waals surface area contributed by atoms with Crippen molar-refractivity contribution < 1.29 is 5.11 Å². The molecule has 2 aromatic rings. The first-order valence-corrected chi connectivity index (χ1v) is 9.01. The zero-order valence-corrected chi connectivity index (χ0v) is 16.1. The number of hydrogen-bond acceptors (Lipinski definition) is 5. The Kier molecular flexibility index (Phi) is 6.73. The number of anilines is 1. The van der Waals surface area contributed by atoms with Crippen molar-refractivity contribution in [1.29, 1.82) is 0 Å². The van der Waals surface area contributed by atoms with Crippen LogP contribution in [0, 0.1) is 5.92 Å². The second kappa shape index (κ2) is 8.59. The van der Waals surface area contributed by atoms with E-state index in [1.54, 1.807) is 0 Å². The molecule has 1 heterocycles. The van der Waals surface area contributed by atoms with Crippen LogP contribution in [-0.4, -0.2) is 32.7 Å². The van der Waals surface area contributed by atoms with Crippen LogP contribution in [0.1, 0.15) is 45.5 Å². The predicted molar refractivity (Wildman–Crippen MR) is 102 cm³/mol. The summed E-state index contributed by atoms with van der Waals surface area (Å²) in [7, 11) is 0. The lowest BCUT2D eigenvalue weighted by Gasteiger charge is -2.25. The van der Waals surface area contributed by atoms with Gasteiger partial charge in [0.25, 0.3) is 0 Å². The highest BCUT2D eigenvalue weighted by Crippen LogP contribution is 2.27. The quantitative estimate of drug-likeness (QED) is 0.746. The normalized spacial score (nSPS) is 13.1.